The summed E-state index contributed by atoms with van der Waals surface area (Å²) < 4.78 is 0. The zero-order valence-corrected chi connectivity index (χ0v) is 12.7. The molecule has 1 aliphatic heterocycles. The molecule has 2 N–H and O–H groups in total. The van der Waals surface area contributed by atoms with Gasteiger partial charge in [0.25, 0.3) is 0 Å². The largest absolute Gasteiger partial charge is 0.329 e. The van der Waals surface area contributed by atoms with Crippen LogP contribution in [0.2, 0.25) is 0 Å². The third-order valence-corrected chi connectivity index (χ3v) is 6.09. The highest BCUT2D eigenvalue weighted by Crippen LogP contribution is 2.43. The van der Waals surface area contributed by atoms with Gasteiger partial charge in [0.05, 0.1) is 0 Å². The second-order valence-electron chi connectivity index (χ2n) is 7.08. The van der Waals surface area contributed by atoms with Crippen LogP contribution in [0.4, 0.5) is 0 Å². The van der Waals surface area contributed by atoms with E-state index in [0.717, 1.165) is 12.5 Å². The van der Waals surface area contributed by atoms with Crippen LogP contribution < -0.4 is 5.73 Å². The number of nitrogens with zero attached hydrogens (tertiary/aromatic N) is 1. The number of rotatable bonds is 6. The van der Waals surface area contributed by atoms with Gasteiger partial charge < -0.3 is 5.73 Å². The summed E-state index contributed by atoms with van der Waals surface area (Å²) in [5.41, 5.74) is 6.98. The van der Waals surface area contributed by atoms with E-state index in [0.29, 0.717) is 5.41 Å². The smallest absolute Gasteiger partial charge is 0.0306 e. The summed E-state index contributed by atoms with van der Waals surface area (Å²) in [6.07, 6.45) is 9.67. The van der Waals surface area contributed by atoms with E-state index in [4.69, 9.17) is 5.73 Å². The number of hydrogen-bond acceptors (Lipinski definition) is 2. The third kappa shape index (κ3) is 2.60. The normalized spacial score (nSPS) is 28.0. The average Bonchev–Trinajstić information content (AvgIpc) is 2.79. The topological polar surface area (TPSA) is 29.3 Å². The van der Waals surface area contributed by atoms with E-state index in [1.807, 2.05) is 0 Å². The van der Waals surface area contributed by atoms with Gasteiger partial charge in [-0.05, 0) is 50.5 Å². The van der Waals surface area contributed by atoms with Gasteiger partial charge in [-0.15, -0.1) is 0 Å². The molecular weight excluding hydrogens is 220 g/mol. The van der Waals surface area contributed by atoms with Gasteiger partial charge in [0.15, 0.2) is 0 Å². The van der Waals surface area contributed by atoms with E-state index in [2.05, 4.69) is 25.7 Å². The minimum atomic E-state index is 0.261. The van der Waals surface area contributed by atoms with Crippen molar-refractivity contribution in [3.63, 3.8) is 0 Å². The number of nitrogens with two attached hydrogens (primary N) is 1. The standard InChI is InChI=1S/C16H32N2/c1-4-16(5-2)9-10-18(13-16)15(3,12-17)11-14-7-6-8-14/h14H,4-13,17H2,1-3H3. The second-order valence-corrected chi connectivity index (χ2v) is 7.08. The first-order chi connectivity index (χ1) is 8.57. The van der Waals surface area contributed by atoms with Crippen molar-refractivity contribution in [2.45, 2.75) is 71.3 Å². The lowest BCUT2D eigenvalue weighted by Gasteiger charge is -2.43. The molecule has 0 spiro atoms. The van der Waals surface area contributed by atoms with E-state index < -0.39 is 0 Å². The molecule has 1 unspecified atom stereocenters. The lowest BCUT2D eigenvalue weighted by Crippen LogP contribution is -2.52. The first-order valence-corrected chi connectivity index (χ1v) is 8.02. The first kappa shape index (κ1) is 14.3. The van der Waals surface area contributed by atoms with Gasteiger partial charge in [0.2, 0.25) is 0 Å². The van der Waals surface area contributed by atoms with Gasteiger partial charge in [-0.2, -0.15) is 0 Å². The lowest BCUT2D eigenvalue weighted by molar-refractivity contribution is 0.0761. The maximum Gasteiger partial charge on any atom is 0.0306 e. The second kappa shape index (κ2) is 5.50. The summed E-state index contributed by atoms with van der Waals surface area (Å²) in [5, 5.41) is 0. The molecule has 0 aromatic rings. The molecule has 1 saturated carbocycles. The Balaban J connectivity index is 1.99. The molecule has 0 aromatic carbocycles. The Bertz CT molecular complexity index is 268. The SMILES string of the molecule is CCC1(CC)CCN(C(C)(CN)CC2CCC2)C1. The van der Waals surface area contributed by atoms with Crippen LogP contribution in [0.25, 0.3) is 0 Å². The fourth-order valence-corrected chi connectivity index (χ4v) is 3.88. The third-order valence-electron chi connectivity index (χ3n) is 6.09. The Hall–Kier alpha value is -0.0800. The highest BCUT2D eigenvalue weighted by atomic mass is 15.2. The van der Waals surface area contributed by atoms with Crippen molar-refractivity contribution in [2.24, 2.45) is 17.1 Å². The molecule has 0 amide bonds. The van der Waals surface area contributed by atoms with E-state index in [9.17, 15) is 0 Å². The molecular formula is C16H32N2. The van der Waals surface area contributed by atoms with Crippen molar-refractivity contribution in [1.29, 1.82) is 0 Å². The van der Waals surface area contributed by atoms with Gasteiger partial charge in [-0.1, -0.05) is 33.1 Å². The van der Waals surface area contributed by atoms with Gasteiger partial charge in [0.1, 0.15) is 0 Å². The van der Waals surface area contributed by atoms with Crippen LogP contribution in [0, 0.1) is 11.3 Å². The Morgan fingerprint density at radius 2 is 1.94 bits per heavy atom. The molecule has 2 rings (SSSR count). The molecule has 0 bridgehead atoms. The zero-order chi connectivity index (χ0) is 13.2. The van der Waals surface area contributed by atoms with Gasteiger partial charge in [-0.25, -0.2) is 0 Å². The van der Waals surface area contributed by atoms with Gasteiger partial charge >= 0.3 is 0 Å². The molecule has 2 heteroatoms. The quantitative estimate of drug-likeness (QED) is 0.785. The fraction of sp³-hybridized carbons (Fsp3) is 1.00. The summed E-state index contributed by atoms with van der Waals surface area (Å²) in [4.78, 5) is 2.72. The molecule has 106 valence electrons. The Kier molecular flexibility index (Phi) is 4.38. The van der Waals surface area contributed by atoms with E-state index >= 15 is 0 Å². The lowest BCUT2D eigenvalue weighted by atomic mass is 9.75. The van der Waals surface area contributed by atoms with Crippen molar-refractivity contribution in [3.05, 3.63) is 0 Å². The highest BCUT2D eigenvalue weighted by Gasteiger charge is 2.43. The van der Waals surface area contributed by atoms with E-state index in [1.165, 1.54) is 58.0 Å². The molecule has 0 radical (unpaired) electrons. The molecule has 2 aliphatic rings. The summed E-state index contributed by atoms with van der Waals surface area (Å²) in [5.74, 6) is 0.955. The Labute approximate surface area is 113 Å². The predicted molar refractivity (Wildman–Crippen MR) is 78.6 cm³/mol. The van der Waals surface area contributed by atoms with Crippen molar-refractivity contribution in [2.75, 3.05) is 19.6 Å². The molecule has 2 nitrogen and oxygen atoms in total. The van der Waals surface area contributed by atoms with Crippen LogP contribution in [0.1, 0.15) is 65.7 Å². The maximum atomic E-state index is 6.14. The summed E-state index contributed by atoms with van der Waals surface area (Å²) >= 11 is 0. The number of likely N-dealkylation sites (tertiary alicyclic amines) is 1. The minimum absolute atomic E-state index is 0.261. The first-order valence-electron chi connectivity index (χ1n) is 8.02. The molecule has 0 aromatic heterocycles. The summed E-state index contributed by atoms with van der Waals surface area (Å²) in [7, 11) is 0. The van der Waals surface area contributed by atoms with Crippen LogP contribution in [-0.2, 0) is 0 Å². The van der Waals surface area contributed by atoms with Crippen molar-refractivity contribution in [3.8, 4) is 0 Å². The van der Waals surface area contributed by atoms with E-state index in [-0.39, 0.29) is 5.54 Å². The van der Waals surface area contributed by atoms with Crippen molar-refractivity contribution >= 4 is 0 Å². The molecule has 1 aliphatic carbocycles. The Morgan fingerprint density at radius 1 is 1.28 bits per heavy atom. The van der Waals surface area contributed by atoms with Gasteiger partial charge in [-0.3, -0.25) is 4.90 Å². The minimum Gasteiger partial charge on any atom is -0.329 e. The Morgan fingerprint density at radius 3 is 2.33 bits per heavy atom. The zero-order valence-electron chi connectivity index (χ0n) is 12.7. The van der Waals surface area contributed by atoms with Crippen LogP contribution in [-0.4, -0.2) is 30.1 Å². The van der Waals surface area contributed by atoms with Gasteiger partial charge in [0, 0.05) is 18.6 Å². The van der Waals surface area contributed by atoms with Crippen LogP contribution in [0.15, 0.2) is 0 Å². The number of hydrogen-bond donors (Lipinski definition) is 1. The monoisotopic (exact) mass is 252 g/mol. The molecule has 18 heavy (non-hydrogen) atoms. The molecule has 2 fully saturated rings. The average molecular weight is 252 g/mol. The predicted octanol–water partition coefficient (Wildman–Crippen LogP) is 3.41. The van der Waals surface area contributed by atoms with Crippen LogP contribution in [0.3, 0.4) is 0 Å². The van der Waals surface area contributed by atoms with Crippen molar-refractivity contribution in [1.82, 2.24) is 4.90 Å². The van der Waals surface area contributed by atoms with Crippen LogP contribution in [0.5, 0.6) is 0 Å². The maximum absolute atomic E-state index is 6.14. The highest BCUT2D eigenvalue weighted by molar-refractivity contribution is 4.98. The summed E-state index contributed by atoms with van der Waals surface area (Å²) in [6, 6.07) is 0. The summed E-state index contributed by atoms with van der Waals surface area (Å²) in [6.45, 7) is 10.5. The fourth-order valence-electron chi connectivity index (χ4n) is 3.88. The molecule has 1 atom stereocenters. The van der Waals surface area contributed by atoms with E-state index in [1.54, 1.807) is 0 Å². The van der Waals surface area contributed by atoms with Crippen LogP contribution >= 0.6 is 0 Å². The van der Waals surface area contributed by atoms with Crippen molar-refractivity contribution < 1.29 is 0 Å². The molecule has 1 heterocycles. The molecule has 1 saturated heterocycles.